The molecule has 2 aromatic carbocycles. The fourth-order valence-electron chi connectivity index (χ4n) is 3.67. The number of hydrogen-bond donors (Lipinski definition) is 0. The number of aryl methyl sites for hydroxylation is 2. The van der Waals surface area contributed by atoms with Crippen LogP contribution in [0.1, 0.15) is 23.1 Å². The maximum absolute atomic E-state index is 6.01. The average molecular weight is 359 g/mol. The first-order valence-electron chi connectivity index (χ1n) is 8.80. The summed E-state index contributed by atoms with van der Waals surface area (Å²) in [5.74, 6) is 1.43. The van der Waals surface area contributed by atoms with Crippen molar-refractivity contribution >= 4 is 11.6 Å². The van der Waals surface area contributed by atoms with Gasteiger partial charge in [-0.3, -0.25) is 0 Å². The molecule has 3 atom stereocenters. The molecule has 25 heavy (non-hydrogen) atoms. The van der Waals surface area contributed by atoms with E-state index in [1.54, 1.807) is 0 Å². The Bertz CT molecular complexity index is 750. The molecule has 0 spiro atoms. The molecule has 0 N–H and O–H groups in total. The van der Waals surface area contributed by atoms with Gasteiger partial charge in [0.15, 0.2) is 0 Å². The van der Waals surface area contributed by atoms with Crippen LogP contribution in [0, 0.1) is 13.8 Å². The first-order chi connectivity index (χ1) is 12.1. The molecule has 4 rings (SSSR count). The van der Waals surface area contributed by atoms with Crippen molar-refractivity contribution in [1.82, 2.24) is 0 Å². The lowest BCUT2D eigenvalue weighted by Gasteiger charge is -2.21. The van der Waals surface area contributed by atoms with E-state index in [9.17, 15) is 0 Å². The van der Waals surface area contributed by atoms with E-state index in [0.29, 0.717) is 31.3 Å². The average Bonchev–Trinajstić information content (AvgIpc) is 3.38. The predicted octanol–water partition coefficient (Wildman–Crippen LogP) is 4.64. The largest absolute Gasteiger partial charge is 0.491 e. The Morgan fingerprint density at radius 2 is 1.92 bits per heavy atom. The summed E-state index contributed by atoms with van der Waals surface area (Å²) >= 11 is 5.98. The monoisotopic (exact) mass is 358 g/mol. The standard InChI is InChI=1S/C21H23ClO3/c1-13-6-17(23-11-18-9-19-20(25-19)12-24-18)7-14(2)21(13)16-5-3-4-15(8-16)10-22/h3-8,18-20H,9-12H2,1-2H3/t18-,19-,20+/m0/s1. The van der Waals surface area contributed by atoms with Gasteiger partial charge in [0, 0.05) is 12.3 Å². The lowest BCUT2D eigenvalue weighted by atomic mass is 9.94. The van der Waals surface area contributed by atoms with Gasteiger partial charge < -0.3 is 14.2 Å². The zero-order chi connectivity index (χ0) is 17.4. The maximum atomic E-state index is 6.01. The molecular weight excluding hydrogens is 336 g/mol. The first kappa shape index (κ1) is 16.9. The Balaban J connectivity index is 1.49. The molecular formula is C21H23ClO3. The van der Waals surface area contributed by atoms with Crippen LogP contribution in [0.4, 0.5) is 0 Å². The molecule has 0 amide bonds. The minimum atomic E-state index is 0.129. The Morgan fingerprint density at radius 1 is 1.12 bits per heavy atom. The van der Waals surface area contributed by atoms with Crippen LogP contribution in [-0.2, 0) is 15.4 Å². The third kappa shape index (κ3) is 3.69. The van der Waals surface area contributed by atoms with Gasteiger partial charge in [0.1, 0.15) is 18.5 Å². The van der Waals surface area contributed by atoms with Gasteiger partial charge in [-0.1, -0.05) is 18.2 Å². The zero-order valence-electron chi connectivity index (χ0n) is 14.6. The van der Waals surface area contributed by atoms with Crippen LogP contribution in [0.25, 0.3) is 11.1 Å². The van der Waals surface area contributed by atoms with Gasteiger partial charge in [0.2, 0.25) is 0 Å². The van der Waals surface area contributed by atoms with Gasteiger partial charge in [-0.15, -0.1) is 11.6 Å². The predicted molar refractivity (Wildman–Crippen MR) is 99.4 cm³/mol. The Labute approximate surface area is 153 Å². The fourth-order valence-corrected chi connectivity index (χ4v) is 3.84. The molecule has 0 unspecified atom stereocenters. The molecule has 2 aliphatic heterocycles. The molecule has 0 radical (unpaired) electrons. The van der Waals surface area contributed by atoms with Crippen molar-refractivity contribution in [2.45, 2.75) is 44.5 Å². The number of alkyl halides is 1. The number of benzene rings is 2. The minimum absolute atomic E-state index is 0.129. The third-order valence-electron chi connectivity index (χ3n) is 4.99. The van der Waals surface area contributed by atoms with Crippen molar-refractivity contribution in [3.05, 3.63) is 53.1 Å². The van der Waals surface area contributed by atoms with E-state index in [4.69, 9.17) is 25.8 Å². The summed E-state index contributed by atoms with van der Waals surface area (Å²) in [5, 5.41) is 0. The lowest BCUT2D eigenvalue weighted by molar-refractivity contribution is 0.000814. The molecule has 0 aromatic heterocycles. The van der Waals surface area contributed by atoms with Crippen molar-refractivity contribution in [3.63, 3.8) is 0 Å². The second-order valence-electron chi connectivity index (χ2n) is 6.98. The lowest BCUT2D eigenvalue weighted by Crippen LogP contribution is -2.30. The van der Waals surface area contributed by atoms with Crippen molar-refractivity contribution in [3.8, 4) is 16.9 Å². The van der Waals surface area contributed by atoms with Crippen molar-refractivity contribution < 1.29 is 14.2 Å². The molecule has 0 saturated carbocycles. The van der Waals surface area contributed by atoms with Crippen molar-refractivity contribution in [2.75, 3.05) is 13.2 Å². The normalized spacial score (nSPS) is 24.7. The number of fused-ring (bicyclic) bond motifs is 1. The van der Waals surface area contributed by atoms with Gasteiger partial charge in [-0.25, -0.2) is 0 Å². The number of hydrogen-bond acceptors (Lipinski definition) is 3. The molecule has 2 fully saturated rings. The van der Waals surface area contributed by atoms with Crippen LogP contribution in [-0.4, -0.2) is 31.5 Å². The fraction of sp³-hybridized carbons (Fsp3) is 0.429. The Morgan fingerprint density at radius 3 is 2.64 bits per heavy atom. The Kier molecular flexibility index (Phi) is 4.72. The van der Waals surface area contributed by atoms with Gasteiger partial charge in [-0.05, 0) is 59.9 Å². The number of rotatable bonds is 5. The second kappa shape index (κ2) is 6.99. The molecule has 4 heteroatoms. The van der Waals surface area contributed by atoms with Crippen LogP contribution in [0.2, 0.25) is 0 Å². The van der Waals surface area contributed by atoms with Gasteiger partial charge in [-0.2, -0.15) is 0 Å². The Hall–Kier alpha value is -1.55. The molecule has 3 nitrogen and oxygen atoms in total. The molecule has 2 aliphatic rings. The van der Waals surface area contributed by atoms with E-state index >= 15 is 0 Å². The highest BCUT2D eigenvalue weighted by molar-refractivity contribution is 6.17. The topological polar surface area (TPSA) is 31.0 Å². The number of epoxide rings is 1. The van der Waals surface area contributed by atoms with E-state index in [0.717, 1.165) is 17.7 Å². The van der Waals surface area contributed by atoms with Crippen LogP contribution < -0.4 is 4.74 Å². The van der Waals surface area contributed by atoms with E-state index in [1.807, 2.05) is 0 Å². The van der Waals surface area contributed by atoms with Crippen LogP contribution in [0.15, 0.2) is 36.4 Å². The summed E-state index contributed by atoms with van der Waals surface area (Å²) in [5.41, 5.74) is 6.00. The summed E-state index contributed by atoms with van der Waals surface area (Å²) in [6.45, 7) is 5.53. The van der Waals surface area contributed by atoms with Crippen LogP contribution >= 0.6 is 11.6 Å². The summed E-state index contributed by atoms with van der Waals surface area (Å²) in [6, 6.07) is 12.6. The summed E-state index contributed by atoms with van der Waals surface area (Å²) in [4.78, 5) is 0. The molecule has 2 heterocycles. The molecule has 0 bridgehead atoms. The van der Waals surface area contributed by atoms with Crippen LogP contribution in [0.3, 0.4) is 0 Å². The van der Waals surface area contributed by atoms with Gasteiger partial charge >= 0.3 is 0 Å². The van der Waals surface area contributed by atoms with E-state index in [1.165, 1.54) is 22.3 Å². The highest BCUT2D eigenvalue weighted by atomic mass is 35.5. The maximum Gasteiger partial charge on any atom is 0.120 e. The number of halogens is 1. The molecule has 2 saturated heterocycles. The summed E-state index contributed by atoms with van der Waals surface area (Å²) < 4.78 is 17.3. The minimum Gasteiger partial charge on any atom is -0.491 e. The first-order valence-corrected chi connectivity index (χ1v) is 9.34. The summed E-state index contributed by atoms with van der Waals surface area (Å²) in [7, 11) is 0. The highest BCUT2D eigenvalue weighted by Crippen LogP contribution is 2.34. The van der Waals surface area contributed by atoms with E-state index in [2.05, 4.69) is 50.2 Å². The molecule has 0 aliphatic carbocycles. The number of ether oxygens (including phenoxy) is 3. The zero-order valence-corrected chi connectivity index (χ0v) is 15.4. The molecule has 132 valence electrons. The molecule has 2 aromatic rings. The van der Waals surface area contributed by atoms with Crippen molar-refractivity contribution in [1.29, 1.82) is 0 Å². The highest BCUT2D eigenvalue weighted by Gasteiger charge is 2.45. The van der Waals surface area contributed by atoms with Gasteiger partial charge in [0.25, 0.3) is 0 Å². The van der Waals surface area contributed by atoms with E-state index < -0.39 is 0 Å². The summed E-state index contributed by atoms with van der Waals surface area (Å²) in [6.07, 6.45) is 1.79. The van der Waals surface area contributed by atoms with Crippen LogP contribution in [0.5, 0.6) is 5.75 Å². The van der Waals surface area contributed by atoms with E-state index in [-0.39, 0.29) is 6.10 Å². The third-order valence-corrected chi connectivity index (χ3v) is 5.30. The quantitative estimate of drug-likeness (QED) is 0.576. The SMILES string of the molecule is Cc1cc(OC[C@@H]2C[C@@H]3O[C@@H]3CO2)cc(C)c1-c1cccc(CCl)c1. The smallest absolute Gasteiger partial charge is 0.120 e. The van der Waals surface area contributed by atoms with Gasteiger partial charge in [0.05, 0.1) is 18.8 Å². The van der Waals surface area contributed by atoms with Crippen molar-refractivity contribution in [2.24, 2.45) is 0 Å². The second-order valence-corrected chi connectivity index (χ2v) is 7.25.